The second-order valence-corrected chi connectivity index (χ2v) is 10.5. The SMILES string of the molecule is C[n+]1ccc2c(c1)P(=O)(c1ccccc1)c1c[n+](Cc3c(F)c(F)c(F)c(F)c3F)ccc1-2. The number of halogens is 5. The number of hydrogen-bond donors (Lipinski definition) is 0. The Morgan fingerprint density at radius 1 is 0.727 bits per heavy atom. The van der Waals surface area contributed by atoms with Crippen molar-refractivity contribution >= 4 is 23.1 Å². The summed E-state index contributed by atoms with van der Waals surface area (Å²) in [5.41, 5.74) is 0.484. The van der Waals surface area contributed by atoms with Crippen molar-refractivity contribution in [1.82, 2.24) is 0 Å². The molecular weight excluding hydrogens is 458 g/mol. The van der Waals surface area contributed by atoms with Crippen LogP contribution < -0.4 is 25.0 Å². The van der Waals surface area contributed by atoms with E-state index in [1.165, 1.54) is 17.0 Å². The normalized spacial score (nSPS) is 16.5. The van der Waals surface area contributed by atoms with Crippen molar-refractivity contribution in [2.75, 3.05) is 0 Å². The fourth-order valence-electron chi connectivity index (χ4n) is 4.18. The molecule has 9 heteroatoms. The molecule has 33 heavy (non-hydrogen) atoms. The van der Waals surface area contributed by atoms with Crippen molar-refractivity contribution < 1.29 is 35.7 Å². The predicted molar refractivity (Wildman–Crippen MR) is 112 cm³/mol. The van der Waals surface area contributed by atoms with Crippen LogP contribution in [-0.2, 0) is 18.2 Å². The van der Waals surface area contributed by atoms with Crippen LogP contribution in [0, 0.1) is 29.1 Å². The van der Waals surface area contributed by atoms with Gasteiger partial charge in [0.15, 0.2) is 61.7 Å². The Morgan fingerprint density at radius 2 is 1.27 bits per heavy atom. The number of hydrogen-bond acceptors (Lipinski definition) is 1. The minimum Gasteiger partial charge on any atom is -0.308 e. The molecular formula is C24H16F5N2OP+2. The zero-order valence-corrected chi connectivity index (χ0v) is 18.1. The number of nitrogens with zero attached hydrogens (tertiary/aromatic N) is 2. The molecule has 3 heterocycles. The quantitative estimate of drug-likeness (QED) is 0.130. The van der Waals surface area contributed by atoms with Crippen LogP contribution in [0.3, 0.4) is 0 Å². The molecule has 0 radical (unpaired) electrons. The van der Waals surface area contributed by atoms with Gasteiger partial charge in [-0.3, -0.25) is 0 Å². The van der Waals surface area contributed by atoms with E-state index in [9.17, 15) is 26.5 Å². The van der Waals surface area contributed by atoms with Crippen LogP contribution in [0.15, 0.2) is 67.3 Å². The molecule has 0 N–H and O–H groups in total. The molecule has 0 saturated heterocycles. The second-order valence-electron chi connectivity index (χ2n) is 7.82. The molecule has 2 aromatic heterocycles. The number of aryl methyl sites for hydroxylation is 1. The van der Waals surface area contributed by atoms with Crippen LogP contribution in [0.1, 0.15) is 5.56 Å². The van der Waals surface area contributed by atoms with Gasteiger partial charge < -0.3 is 4.57 Å². The number of rotatable bonds is 3. The molecule has 166 valence electrons. The Hall–Kier alpha value is -3.38. The van der Waals surface area contributed by atoms with Gasteiger partial charge in [-0.15, -0.1) is 0 Å². The summed E-state index contributed by atoms with van der Waals surface area (Å²) >= 11 is 0. The molecule has 4 aromatic rings. The van der Waals surface area contributed by atoms with Crippen molar-refractivity contribution in [1.29, 1.82) is 0 Å². The largest absolute Gasteiger partial charge is 0.308 e. The van der Waals surface area contributed by atoms with Gasteiger partial charge in [-0.05, 0) is 0 Å². The molecule has 3 nitrogen and oxygen atoms in total. The Morgan fingerprint density at radius 3 is 1.91 bits per heavy atom. The van der Waals surface area contributed by atoms with Gasteiger partial charge in [0.2, 0.25) is 5.82 Å². The van der Waals surface area contributed by atoms with Crippen LogP contribution in [0.4, 0.5) is 22.0 Å². The van der Waals surface area contributed by atoms with Crippen LogP contribution >= 0.6 is 7.14 Å². The summed E-state index contributed by atoms with van der Waals surface area (Å²) in [5.74, 6) is -9.98. The first-order chi connectivity index (χ1) is 15.7. The molecule has 1 aliphatic rings. The van der Waals surface area contributed by atoms with E-state index in [0.29, 0.717) is 21.5 Å². The van der Waals surface area contributed by atoms with Gasteiger partial charge in [0.1, 0.15) is 7.05 Å². The van der Waals surface area contributed by atoms with E-state index in [-0.39, 0.29) is 0 Å². The molecule has 0 amide bonds. The Bertz CT molecular complexity index is 1460. The smallest absolute Gasteiger partial charge is 0.200 e. The molecule has 1 unspecified atom stereocenters. The molecule has 1 aliphatic heterocycles. The van der Waals surface area contributed by atoms with Crippen molar-refractivity contribution in [2.45, 2.75) is 6.54 Å². The van der Waals surface area contributed by atoms with Gasteiger partial charge in [-0.2, -0.15) is 4.57 Å². The van der Waals surface area contributed by atoms with E-state index in [2.05, 4.69) is 0 Å². The lowest BCUT2D eigenvalue weighted by Gasteiger charge is -2.13. The standard InChI is InChI=1S/C24H16F5N2OP/c1-30-9-7-15-16-8-10-31(11-17-20(25)22(27)24(29)23(28)21(17)26)13-19(16)33(32,18(15)12-30)14-5-3-2-4-6-14/h2-10,12-13H,11H2,1H3/q+2. The van der Waals surface area contributed by atoms with Gasteiger partial charge in [-0.25, -0.2) is 26.5 Å². The van der Waals surface area contributed by atoms with Crippen LogP contribution in [0.25, 0.3) is 11.1 Å². The average molecular weight is 474 g/mol. The molecule has 0 bridgehead atoms. The van der Waals surface area contributed by atoms with Gasteiger partial charge in [0.25, 0.3) is 0 Å². The number of pyridine rings is 2. The summed E-state index contributed by atoms with van der Waals surface area (Å²) in [7, 11) is -1.54. The Kier molecular flexibility index (Phi) is 4.94. The van der Waals surface area contributed by atoms with E-state index in [1.54, 1.807) is 47.2 Å². The molecule has 2 aromatic carbocycles. The van der Waals surface area contributed by atoms with E-state index in [4.69, 9.17) is 0 Å². The van der Waals surface area contributed by atoms with Crippen LogP contribution in [0.2, 0.25) is 0 Å². The summed E-state index contributed by atoms with van der Waals surface area (Å²) in [6, 6.07) is 12.3. The average Bonchev–Trinajstić information content (AvgIpc) is 3.08. The first kappa shape index (κ1) is 21.5. The van der Waals surface area contributed by atoms with Crippen molar-refractivity contribution in [3.05, 3.63) is 102 Å². The first-order valence-corrected chi connectivity index (χ1v) is 11.6. The van der Waals surface area contributed by atoms with E-state index in [0.717, 1.165) is 5.56 Å². The molecule has 0 spiro atoms. The number of fused-ring (bicyclic) bond motifs is 3. The fourth-order valence-corrected chi connectivity index (χ4v) is 7.31. The van der Waals surface area contributed by atoms with Gasteiger partial charge in [0.05, 0.1) is 16.2 Å². The lowest BCUT2D eigenvalue weighted by Crippen LogP contribution is -2.39. The first-order valence-electron chi connectivity index (χ1n) is 9.93. The maximum Gasteiger partial charge on any atom is 0.200 e. The maximum atomic E-state index is 14.6. The van der Waals surface area contributed by atoms with E-state index < -0.39 is 48.3 Å². The summed E-state index contributed by atoms with van der Waals surface area (Å²) < 4.78 is 86.9. The zero-order chi connectivity index (χ0) is 23.5. The van der Waals surface area contributed by atoms with Crippen molar-refractivity contribution in [2.24, 2.45) is 7.05 Å². The lowest BCUT2D eigenvalue weighted by atomic mass is 10.1. The van der Waals surface area contributed by atoms with Crippen molar-refractivity contribution in [3.63, 3.8) is 0 Å². The van der Waals surface area contributed by atoms with E-state index >= 15 is 0 Å². The molecule has 1 atom stereocenters. The zero-order valence-electron chi connectivity index (χ0n) is 17.2. The highest BCUT2D eigenvalue weighted by Crippen LogP contribution is 2.51. The number of benzene rings is 2. The highest BCUT2D eigenvalue weighted by atomic mass is 31.2. The minimum absolute atomic E-state index is 0.432. The minimum atomic E-state index is -3.35. The second kappa shape index (κ2) is 7.59. The summed E-state index contributed by atoms with van der Waals surface area (Å²) in [6.07, 6.45) is 6.52. The maximum absolute atomic E-state index is 14.6. The molecule has 0 fully saturated rings. The van der Waals surface area contributed by atoms with Crippen LogP contribution in [-0.4, -0.2) is 0 Å². The van der Waals surface area contributed by atoms with Crippen molar-refractivity contribution in [3.8, 4) is 11.1 Å². The molecule has 0 saturated carbocycles. The third-order valence-electron chi connectivity index (χ3n) is 5.80. The highest BCUT2D eigenvalue weighted by molar-refractivity contribution is 7.86. The third kappa shape index (κ3) is 3.12. The summed E-state index contributed by atoms with van der Waals surface area (Å²) in [6.45, 7) is -0.627. The highest BCUT2D eigenvalue weighted by Gasteiger charge is 2.44. The van der Waals surface area contributed by atoms with E-state index in [1.807, 2.05) is 19.3 Å². The van der Waals surface area contributed by atoms with Crippen LogP contribution in [0.5, 0.6) is 0 Å². The van der Waals surface area contributed by atoms with Gasteiger partial charge in [-0.1, -0.05) is 30.3 Å². The Balaban J connectivity index is 1.70. The third-order valence-corrected chi connectivity index (χ3v) is 8.90. The number of aromatic nitrogens is 2. The topological polar surface area (TPSA) is 24.8 Å². The monoisotopic (exact) mass is 474 g/mol. The summed E-state index contributed by atoms with van der Waals surface area (Å²) in [5, 5.41) is 1.62. The summed E-state index contributed by atoms with van der Waals surface area (Å²) in [4.78, 5) is 0. The lowest BCUT2D eigenvalue weighted by molar-refractivity contribution is -0.688. The molecule has 5 rings (SSSR count). The molecule has 0 aliphatic carbocycles. The fraction of sp³-hybridized carbons (Fsp3) is 0.0833. The van der Waals surface area contributed by atoms with Gasteiger partial charge in [0, 0.05) is 28.6 Å². The Labute approximate surface area is 185 Å². The van der Waals surface area contributed by atoms with Gasteiger partial charge >= 0.3 is 0 Å². The predicted octanol–water partition coefficient (Wildman–Crippen LogP) is 3.16.